The molecule has 1 N–H and O–H groups in total. The van der Waals surface area contributed by atoms with Crippen molar-refractivity contribution in [3.63, 3.8) is 0 Å². The van der Waals surface area contributed by atoms with Crippen LogP contribution in [0.3, 0.4) is 0 Å². The number of benzene rings is 2. The number of carbonyl (C=O) groups is 1. The SMILES string of the molecule is CCN(CC)C(=O)c1ccc(NCC(CCc2cccc(OC)c2)N2CCCC2)cc1. The van der Waals surface area contributed by atoms with Gasteiger partial charge in [0.05, 0.1) is 7.11 Å². The first-order valence-corrected chi connectivity index (χ1v) is 11.6. The maximum Gasteiger partial charge on any atom is 0.253 e. The van der Waals surface area contributed by atoms with Crippen LogP contribution < -0.4 is 10.1 Å². The number of hydrogen-bond acceptors (Lipinski definition) is 4. The molecule has 1 aliphatic rings. The Balaban J connectivity index is 1.59. The molecule has 0 saturated carbocycles. The molecule has 2 aromatic carbocycles. The fraction of sp³-hybridized carbons (Fsp3) is 0.500. The molecule has 3 rings (SSSR count). The van der Waals surface area contributed by atoms with Crippen LogP contribution in [-0.2, 0) is 6.42 Å². The van der Waals surface area contributed by atoms with E-state index >= 15 is 0 Å². The van der Waals surface area contributed by atoms with E-state index in [1.807, 2.05) is 49.1 Å². The van der Waals surface area contributed by atoms with E-state index in [0.29, 0.717) is 6.04 Å². The molecule has 5 heteroatoms. The minimum Gasteiger partial charge on any atom is -0.497 e. The molecule has 0 aliphatic carbocycles. The summed E-state index contributed by atoms with van der Waals surface area (Å²) in [4.78, 5) is 17.0. The van der Waals surface area contributed by atoms with Crippen molar-refractivity contribution in [1.82, 2.24) is 9.80 Å². The first-order chi connectivity index (χ1) is 15.1. The molecule has 0 spiro atoms. The largest absolute Gasteiger partial charge is 0.497 e. The van der Waals surface area contributed by atoms with E-state index in [9.17, 15) is 4.79 Å². The molecular weight excluding hydrogens is 386 g/mol. The van der Waals surface area contributed by atoms with Crippen molar-refractivity contribution in [2.24, 2.45) is 0 Å². The molecule has 1 saturated heterocycles. The van der Waals surface area contributed by atoms with Gasteiger partial charge >= 0.3 is 0 Å². The number of nitrogens with one attached hydrogen (secondary N) is 1. The smallest absolute Gasteiger partial charge is 0.253 e. The Hall–Kier alpha value is -2.53. The molecule has 1 unspecified atom stereocenters. The maximum absolute atomic E-state index is 12.5. The lowest BCUT2D eigenvalue weighted by Gasteiger charge is -2.28. The van der Waals surface area contributed by atoms with Crippen molar-refractivity contribution >= 4 is 11.6 Å². The second-order valence-corrected chi connectivity index (χ2v) is 8.22. The average molecular weight is 424 g/mol. The normalized spacial score (nSPS) is 14.9. The average Bonchev–Trinajstić information content (AvgIpc) is 3.35. The fourth-order valence-electron chi connectivity index (χ4n) is 4.34. The zero-order valence-electron chi connectivity index (χ0n) is 19.3. The Morgan fingerprint density at radius 2 is 1.81 bits per heavy atom. The zero-order valence-corrected chi connectivity index (χ0v) is 19.3. The topological polar surface area (TPSA) is 44.8 Å². The summed E-state index contributed by atoms with van der Waals surface area (Å²) in [5, 5.41) is 3.61. The molecular formula is C26H37N3O2. The second kappa shape index (κ2) is 11.8. The van der Waals surface area contributed by atoms with Gasteiger partial charge in [-0.3, -0.25) is 9.69 Å². The third-order valence-electron chi connectivity index (χ3n) is 6.28. The Labute approximate surface area is 187 Å². The highest BCUT2D eigenvalue weighted by Crippen LogP contribution is 2.20. The summed E-state index contributed by atoms with van der Waals surface area (Å²) in [5.41, 5.74) is 3.15. The summed E-state index contributed by atoms with van der Waals surface area (Å²) >= 11 is 0. The third-order valence-corrected chi connectivity index (χ3v) is 6.28. The molecule has 1 heterocycles. The highest BCUT2D eigenvalue weighted by Gasteiger charge is 2.22. The van der Waals surface area contributed by atoms with E-state index in [1.54, 1.807) is 7.11 Å². The summed E-state index contributed by atoms with van der Waals surface area (Å²) in [7, 11) is 1.72. The van der Waals surface area contributed by atoms with Crippen LogP contribution in [0, 0.1) is 0 Å². The van der Waals surface area contributed by atoms with Gasteiger partial charge in [-0.1, -0.05) is 12.1 Å². The van der Waals surface area contributed by atoms with Gasteiger partial charge in [-0.15, -0.1) is 0 Å². The quantitative estimate of drug-likeness (QED) is 0.570. The molecule has 1 amide bonds. The number of methoxy groups -OCH3 is 1. The van der Waals surface area contributed by atoms with Gasteiger partial charge in [0.2, 0.25) is 0 Å². The highest BCUT2D eigenvalue weighted by atomic mass is 16.5. The lowest BCUT2D eigenvalue weighted by atomic mass is 10.0. The molecule has 1 fully saturated rings. The zero-order chi connectivity index (χ0) is 22.1. The van der Waals surface area contributed by atoms with Crippen LogP contribution in [-0.4, -0.2) is 61.6 Å². The van der Waals surface area contributed by atoms with Crippen molar-refractivity contribution in [2.75, 3.05) is 45.2 Å². The summed E-state index contributed by atoms with van der Waals surface area (Å²) in [6, 6.07) is 16.8. The molecule has 31 heavy (non-hydrogen) atoms. The predicted molar refractivity (Wildman–Crippen MR) is 128 cm³/mol. The first kappa shape index (κ1) is 23.1. The van der Waals surface area contributed by atoms with Crippen LogP contribution in [0.15, 0.2) is 48.5 Å². The van der Waals surface area contributed by atoms with Crippen molar-refractivity contribution in [3.05, 3.63) is 59.7 Å². The Morgan fingerprint density at radius 1 is 1.10 bits per heavy atom. The van der Waals surface area contributed by atoms with Gasteiger partial charge in [-0.25, -0.2) is 0 Å². The summed E-state index contributed by atoms with van der Waals surface area (Å²) in [5.74, 6) is 1.03. The first-order valence-electron chi connectivity index (χ1n) is 11.6. The number of nitrogens with zero attached hydrogens (tertiary/aromatic N) is 2. The van der Waals surface area contributed by atoms with E-state index in [4.69, 9.17) is 4.74 Å². The molecule has 168 valence electrons. The number of aryl methyl sites for hydroxylation is 1. The van der Waals surface area contributed by atoms with Crippen molar-refractivity contribution in [2.45, 2.75) is 45.6 Å². The predicted octanol–water partition coefficient (Wildman–Crippen LogP) is 4.69. The highest BCUT2D eigenvalue weighted by molar-refractivity contribution is 5.94. The minimum atomic E-state index is 0.102. The number of hydrogen-bond donors (Lipinski definition) is 1. The van der Waals surface area contributed by atoms with Gasteiger partial charge in [0, 0.05) is 36.9 Å². The number of amides is 1. The Kier molecular flexibility index (Phi) is 8.77. The fourth-order valence-corrected chi connectivity index (χ4v) is 4.34. The second-order valence-electron chi connectivity index (χ2n) is 8.22. The monoisotopic (exact) mass is 423 g/mol. The maximum atomic E-state index is 12.5. The molecule has 5 nitrogen and oxygen atoms in total. The number of anilines is 1. The van der Waals surface area contributed by atoms with E-state index < -0.39 is 0 Å². The lowest BCUT2D eigenvalue weighted by molar-refractivity contribution is 0.0773. The van der Waals surface area contributed by atoms with Crippen molar-refractivity contribution in [1.29, 1.82) is 0 Å². The minimum absolute atomic E-state index is 0.102. The van der Waals surface area contributed by atoms with Gasteiger partial charge in [0.15, 0.2) is 0 Å². The van der Waals surface area contributed by atoms with Crippen LogP contribution >= 0.6 is 0 Å². The molecule has 2 aromatic rings. The van der Waals surface area contributed by atoms with Gasteiger partial charge in [-0.05, 0) is 94.6 Å². The summed E-state index contributed by atoms with van der Waals surface area (Å²) in [6.45, 7) is 8.78. The molecule has 1 atom stereocenters. The van der Waals surface area contributed by atoms with Crippen LogP contribution in [0.25, 0.3) is 0 Å². The van der Waals surface area contributed by atoms with Gasteiger partial charge in [0.25, 0.3) is 5.91 Å². The van der Waals surface area contributed by atoms with Crippen LogP contribution in [0.4, 0.5) is 5.69 Å². The van der Waals surface area contributed by atoms with Crippen LogP contribution in [0.2, 0.25) is 0 Å². The summed E-state index contributed by atoms with van der Waals surface area (Å²) in [6.07, 6.45) is 4.73. The molecule has 0 radical (unpaired) electrons. The lowest BCUT2D eigenvalue weighted by Crippen LogP contribution is -2.38. The van der Waals surface area contributed by atoms with E-state index in [2.05, 4.69) is 28.4 Å². The van der Waals surface area contributed by atoms with E-state index in [0.717, 1.165) is 49.5 Å². The van der Waals surface area contributed by atoms with Gasteiger partial charge < -0.3 is 15.0 Å². The Bertz CT molecular complexity index is 812. The van der Waals surface area contributed by atoms with Crippen LogP contribution in [0.1, 0.15) is 49.0 Å². The van der Waals surface area contributed by atoms with Crippen molar-refractivity contribution in [3.8, 4) is 5.75 Å². The summed E-state index contributed by atoms with van der Waals surface area (Å²) < 4.78 is 5.37. The third kappa shape index (κ3) is 6.47. The number of ether oxygens (including phenoxy) is 1. The van der Waals surface area contributed by atoms with E-state index in [-0.39, 0.29) is 5.91 Å². The van der Waals surface area contributed by atoms with Crippen LogP contribution in [0.5, 0.6) is 5.75 Å². The van der Waals surface area contributed by atoms with Crippen molar-refractivity contribution < 1.29 is 9.53 Å². The van der Waals surface area contributed by atoms with E-state index in [1.165, 1.54) is 31.5 Å². The number of carbonyl (C=O) groups excluding carboxylic acids is 1. The molecule has 0 aromatic heterocycles. The number of rotatable bonds is 11. The van der Waals surface area contributed by atoms with Gasteiger partial charge in [-0.2, -0.15) is 0 Å². The standard InChI is InChI=1S/C26H37N3O2/c1-4-28(5-2)26(30)22-12-14-23(15-13-22)27-20-24(29-17-6-7-18-29)16-11-21-9-8-10-25(19-21)31-3/h8-10,12-15,19,24,27H,4-7,11,16-18,20H2,1-3H3. The molecule has 0 bridgehead atoms. The number of likely N-dealkylation sites (tertiary alicyclic amines) is 1. The van der Waals surface area contributed by atoms with Gasteiger partial charge in [0.1, 0.15) is 5.75 Å². The Morgan fingerprint density at radius 3 is 2.45 bits per heavy atom. The molecule has 1 aliphatic heterocycles.